The molecule has 2 atom stereocenters. The van der Waals surface area contributed by atoms with Crippen molar-refractivity contribution in [3.63, 3.8) is 0 Å². The molecule has 0 saturated carbocycles. The van der Waals surface area contributed by atoms with Gasteiger partial charge in [-0.25, -0.2) is 0 Å². The smallest absolute Gasteiger partial charge is 0.132 e. The molecule has 0 aromatic heterocycles. The van der Waals surface area contributed by atoms with E-state index < -0.39 is 0 Å². The van der Waals surface area contributed by atoms with Crippen molar-refractivity contribution in [3.8, 4) is 0 Å². The highest BCUT2D eigenvalue weighted by Crippen LogP contribution is 2.36. The summed E-state index contributed by atoms with van der Waals surface area (Å²) < 4.78 is 1.00. The number of fused-ring (bicyclic) bond motifs is 1. The van der Waals surface area contributed by atoms with E-state index in [-0.39, 0.29) is 12.4 Å². The molecule has 3 aromatic rings. The van der Waals surface area contributed by atoms with Crippen molar-refractivity contribution in [1.82, 2.24) is 5.32 Å². The van der Waals surface area contributed by atoms with Crippen molar-refractivity contribution in [1.29, 1.82) is 0 Å². The summed E-state index contributed by atoms with van der Waals surface area (Å²) in [4.78, 5) is 0. The summed E-state index contributed by atoms with van der Waals surface area (Å²) in [5.74, 6) is 0.473. The molecule has 130 valence electrons. The van der Waals surface area contributed by atoms with E-state index in [1.807, 2.05) is 0 Å². The lowest BCUT2D eigenvalue weighted by atomic mass is 9.84. The van der Waals surface area contributed by atoms with Crippen LogP contribution < -0.4 is 17.7 Å². The van der Waals surface area contributed by atoms with Gasteiger partial charge in [0, 0.05) is 6.04 Å². The molecule has 0 radical (unpaired) electrons. The average Bonchev–Trinajstić information content (AvgIpc) is 2.61. The van der Waals surface area contributed by atoms with E-state index in [9.17, 15) is 0 Å². The number of quaternary nitrogens is 1. The minimum atomic E-state index is 0. The summed E-state index contributed by atoms with van der Waals surface area (Å²) in [6.07, 6.45) is 0. The lowest BCUT2D eigenvalue weighted by Crippen LogP contribution is -3.00. The maximum atomic E-state index is 3.79. The highest BCUT2D eigenvalue weighted by atomic mass is 35.5. The van der Waals surface area contributed by atoms with Gasteiger partial charge in [0.15, 0.2) is 0 Å². The molecule has 0 unspecified atom stereocenters. The Balaban J connectivity index is 0.00000182. The lowest BCUT2D eigenvalue weighted by molar-refractivity contribution is -0.900. The molecule has 1 fully saturated rings. The molecule has 1 N–H and O–H groups in total. The Morgan fingerprint density at radius 1 is 0.800 bits per heavy atom. The predicted molar refractivity (Wildman–Crippen MR) is 101 cm³/mol. The summed E-state index contributed by atoms with van der Waals surface area (Å²) in [7, 11) is 4.62. The first kappa shape index (κ1) is 17.9. The summed E-state index contributed by atoms with van der Waals surface area (Å²) in [5.41, 5.74) is 2.82. The number of nitrogens with one attached hydrogen (secondary N) is 1. The molecule has 1 heterocycles. The lowest BCUT2D eigenvalue weighted by Gasteiger charge is -2.43. The zero-order valence-corrected chi connectivity index (χ0v) is 15.6. The summed E-state index contributed by atoms with van der Waals surface area (Å²) in [5, 5.41) is 6.44. The number of hydrogen-bond acceptors (Lipinski definition) is 1. The Morgan fingerprint density at radius 3 is 2.24 bits per heavy atom. The number of nitrogens with zero attached hydrogens (tertiary/aromatic N) is 1. The van der Waals surface area contributed by atoms with Gasteiger partial charge in [0.1, 0.15) is 6.67 Å². The van der Waals surface area contributed by atoms with Crippen LogP contribution in [0.4, 0.5) is 0 Å². The quantitative estimate of drug-likeness (QED) is 0.686. The van der Waals surface area contributed by atoms with Gasteiger partial charge < -0.3 is 16.9 Å². The van der Waals surface area contributed by atoms with E-state index in [1.54, 1.807) is 0 Å². The second-order valence-electron chi connectivity index (χ2n) is 7.58. The van der Waals surface area contributed by atoms with Gasteiger partial charge in [0.25, 0.3) is 0 Å². The molecule has 0 aliphatic carbocycles. The standard InChI is InChI=1S/C22H25N2.ClH/c1-24(2)15-21(22(23-16-24)18-9-4-3-5-10-18)20-13-12-17-8-6-7-11-19(17)14-20;/h3-14,21-23H,15-16H2,1-2H3;1H/q+1;/p-1/t21-,22+;/m0./s1. The fourth-order valence-corrected chi connectivity index (χ4v) is 3.94. The van der Waals surface area contributed by atoms with Crippen LogP contribution >= 0.6 is 0 Å². The van der Waals surface area contributed by atoms with Gasteiger partial charge in [-0.05, 0) is 21.9 Å². The first-order chi connectivity index (χ1) is 11.6. The monoisotopic (exact) mass is 352 g/mol. The van der Waals surface area contributed by atoms with Gasteiger partial charge in [-0.3, -0.25) is 5.32 Å². The highest BCUT2D eigenvalue weighted by Gasteiger charge is 2.36. The molecule has 0 bridgehead atoms. The van der Waals surface area contributed by atoms with E-state index in [0.29, 0.717) is 12.0 Å². The minimum Gasteiger partial charge on any atom is -1.00 e. The molecule has 3 heteroatoms. The van der Waals surface area contributed by atoms with Gasteiger partial charge in [0.05, 0.1) is 26.6 Å². The van der Waals surface area contributed by atoms with Crippen molar-refractivity contribution in [2.45, 2.75) is 12.0 Å². The molecule has 3 aromatic carbocycles. The zero-order valence-electron chi connectivity index (χ0n) is 14.8. The van der Waals surface area contributed by atoms with Crippen molar-refractivity contribution in [2.75, 3.05) is 27.3 Å². The third-order valence-corrected chi connectivity index (χ3v) is 5.19. The molecular weight excluding hydrogens is 328 g/mol. The van der Waals surface area contributed by atoms with Crippen LogP contribution in [0.1, 0.15) is 23.1 Å². The van der Waals surface area contributed by atoms with Crippen molar-refractivity contribution < 1.29 is 16.9 Å². The second kappa shape index (κ2) is 7.17. The fourth-order valence-electron chi connectivity index (χ4n) is 3.94. The number of halogens is 1. The molecule has 4 rings (SSSR count). The maximum absolute atomic E-state index is 3.79. The SMILES string of the molecule is C[N+]1(C)CN[C@H](c2ccccc2)[C@H](c2ccc3ccccc3c2)C1.[Cl-]. The Morgan fingerprint density at radius 2 is 1.48 bits per heavy atom. The fraction of sp³-hybridized carbons (Fsp3) is 0.273. The number of hydrogen-bond donors (Lipinski definition) is 1. The molecular formula is C22H25ClN2. The first-order valence-corrected chi connectivity index (χ1v) is 8.71. The van der Waals surface area contributed by atoms with E-state index >= 15 is 0 Å². The van der Waals surface area contributed by atoms with E-state index in [2.05, 4.69) is 92.2 Å². The molecule has 0 amide bonds. The Bertz CT molecular complexity index is 845. The van der Waals surface area contributed by atoms with E-state index in [0.717, 1.165) is 17.7 Å². The van der Waals surface area contributed by atoms with Crippen molar-refractivity contribution in [3.05, 3.63) is 83.9 Å². The van der Waals surface area contributed by atoms with Gasteiger partial charge in [0.2, 0.25) is 0 Å². The van der Waals surface area contributed by atoms with Crippen molar-refractivity contribution >= 4 is 10.8 Å². The van der Waals surface area contributed by atoms with Crippen LogP contribution in [0.15, 0.2) is 72.8 Å². The van der Waals surface area contributed by atoms with Crippen molar-refractivity contribution in [2.24, 2.45) is 0 Å². The van der Waals surface area contributed by atoms with Crippen LogP contribution in [0.5, 0.6) is 0 Å². The zero-order chi connectivity index (χ0) is 16.6. The van der Waals surface area contributed by atoms with Crippen LogP contribution in [0.3, 0.4) is 0 Å². The second-order valence-corrected chi connectivity index (χ2v) is 7.58. The maximum Gasteiger partial charge on any atom is 0.132 e. The topological polar surface area (TPSA) is 12.0 Å². The molecule has 2 nitrogen and oxygen atoms in total. The van der Waals surface area contributed by atoms with Gasteiger partial charge >= 0.3 is 0 Å². The predicted octanol–water partition coefficient (Wildman–Crippen LogP) is 1.31. The molecule has 25 heavy (non-hydrogen) atoms. The van der Waals surface area contributed by atoms with Crippen LogP contribution in [-0.4, -0.2) is 31.8 Å². The first-order valence-electron chi connectivity index (χ1n) is 8.71. The average molecular weight is 353 g/mol. The minimum absolute atomic E-state index is 0. The normalized spacial score (nSPS) is 22.3. The Kier molecular flexibility index (Phi) is 5.14. The number of likely N-dealkylation sites (N-methyl/N-ethyl adjacent to an activating group) is 1. The van der Waals surface area contributed by atoms with Crippen LogP contribution in [0, 0.1) is 0 Å². The number of rotatable bonds is 2. The molecule has 0 spiro atoms. The summed E-state index contributed by atoms with van der Waals surface area (Å²) in [6.45, 7) is 2.15. The third kappa shape index (κ3) is 3.72. The van der Waals surface area contributed by atoms with E-state index in [1.165, 1.54) is 21.9 Å². The largest absolute Gasteiger partial charge is 1.00 e. The van der Waals surface area contributed by atoms with Gasteiger partial charge in [-0.1, -0.05) is 72.8 Å². The van der Waals surface area contributed by atoms with Gasteiger partial charge in [-0.15, -0.1) is 0 Å². The highest BCUT2D eigenvalue weighted by molar-refractivity contribution is 5.83. The Labute approximate surface area is 156 Å². The van der Waals surface area contributed by atoms with Crippen LogP contribution in [0.2, 0.25) is 0 Å². The van der Waals surface area contributed by atoms with Crippen LogP contribution in [-0.2, 0) is 0 Å². The molecule has 1 saturated heterocycles. The van der Waals surface area contributed by atoms with Gasteiger partial charge in [-0.2, -0.15) is 0 Å². The third-order valence-electron chi connectivity index (χ3n) is 5.19. The van der Waals surface area contributed by atoms with E-state index in [4.69, 9.17) is 0 Å². The molecule has 1 aliphatic heterocycles. The molecule has 1 aliphatic rings. The van der Waals surface area contributed by atoms with Crippen LogP contribution in [0.25, 0.3) is 10.8 Å². The number of benzene rings is 3. The summed E-state index contributed by atoms with van der Waals surface area (Å²) >= 11 is 0. The summed E-state index contributed by atoms with van der Waals surface area (Å²) in [6, 6.07) is 26.8. The Hall–Kier alpha value is -1.87.